The lowest BCUT2D eigenvalue weighted by Gasteiger charge is -2.21. The average Bonchev–Trinajstić information content (AvgIpc) is 3.19. The van der Waals surface area contributed by atoms with Crippen molar-refractivity contribution in [1.82, 2.24) is 20.2 Å². The summed E-state index contributed by atoms with van der Waals surface area (Å²) in [5.74, 6) is -6.68. The number of aliphatic hydroxyl groups is 2. The fraction of sp³-hybridized carbons (Fsp3) is 0.667. The van der Waals surface area contributed by atoms with E-state index in [4.69, 9.17) is 30.3 Å². The molecule has 10 N–H and O–H groups in total. The van der Waals surface area contributed by atoms with Crippen LogP contribution in [-0.4, -0.2) is 115 Å². The minimum absolute atomic E-state index is 0.187. The molecule has 1 aromatic rings. The van der Waals surface area contributed by atoms with E-state index in [1.165, 1.54) is 0 Å². The molecule has 2 heterocycles. The fourth-order valence-electron chi connectivity index (χ4n) is 3.61. The number of aliphatic carboxylic acids is 3. The fourth-order valence-corrected chi connectivity index (χ4v) is 3.61. The number of nitrogens with one attached hydrogen (secondary N) is 3. The standard InChI is InChI=1S/C20H33N5O8.2C2HF3O2/c1-10(2)8-11(21)17(29)23-6-3-5-22-12(19(30)31)9-13-15(27)16(28)18(33-13)25-7-4-14(26)24-20(25)32;2*3-2(4,5)1(6)7/h4,7,10-13,15-16,18,22,27-28H,3,5-6,8-9,21H2,1-2H3,(H,23,29)(H,30,31)(H,24,26,32);2*(H,6,7)/t11-,12+,13+,15+,16+,18+;;/m0../s1. The second kappa shape index (κ2) is 18.9. The van der Waals surface area contributed by atoms with Gasteiger partial charge >= 0.3 is 36.0 Å². The minimum atomic E-state index is -5.08. The molecule has 0 spiro atoms. The summed E-state index contributed by atoms with van der Waals surface area (Å²) in [6.45, 7) is 4.50. The molecule has 1 aliphatic rings. The van der Waals surface area contributed by atoms with E-state index in [0.29, 0.717) is 19.4 Å². The highest BCUT2D eigenvalue weighted by molar-refractivity contribution is 5.81. The third kappa shape index (κ3) is 15.9. The van der Waals surface area contributed by atoms with Gasteiger partial charge in [-0.25, -0.2) is 14.4 Å². The van der Waals surface area contributed by atoms with Crippen LogP contribution in [0.15, 0.2) is 21.9 Å². The third-order valence-electron chi connectivity index (χ3n) is 5.82. The molecule has 1 amide bonds. The number of hydrogen-bond donors (Lipinski definition) is 9. The molecule has 0 bridgehead atoms. The Morgan fingerprint density at radius 3 is 1.91 bits per heavy atom. The molecule has 1 aliphatic heterocycles. The number of carboxylic acid groups (broad SMARTS) is 3. The van der Waals surface area contributed by atoms with Crippen molar-refractivity contribution < 1.29 is 75.8 Å². The first-order valence-corrected chi connectivity index (χ1v) is 13.3. The molecule has 0 saturated carbocycles. The second-order valence-electron chi connectivity index (χ2n) is 10.1. The highest BCUT2D eigenvalue weighted by Crippen LogP contribution is 2.30. The van der Waals surface area contributed by atoms with E-state index in [0.717, 1.165) is 16.8 Å². The summed E-state index contributed by atoms with van der Waals surface area (Å²) in [5.41, 5.74) is 4.34. The summed E-state index contributed by atoms with van der Waals surface area (Å²) in [6.07, 6.45) is -13.5. The van der Waals surface area contributed by atoms with Crippen LogP contribution in [0.3, 0.4) is 0 Å². The van der Waals surface area contributed by atoms with Crippen molar-refractivity contribution in [2.75, 3.05) is 13.1 Å². The molecule has 47 heavy (non-hydrogen) atoms. The van der Waals surface area contributed by atoms with Gasteiger partial charge in [0.05, 0.1) is 12.1 Å². The van der Waals surface area contributed by atoms with Crippen molar-refractivity contribution >= 4 is 23.8 Å². The Balaban J connectivity index is 0.00000126. The van der Waals surface area contributed by atoms with Gasteiger partial charge in [-0.1, -0.05) is 13.8 Å². The summed E-state index contributed by atoms with van der Waals surface area (Å²) in [7, 11) is 0. The highest BCUT2D eigenvalue weighted by atomic mass is 19.4. The molecule has 1 aromatic heterocycles. The van der Waals surface area contributed by atoms with E-state index in [1.54, 1.807) is 0 Å². The maximum absolute atomic E-state index is 12.0. The number of nitrogens with zero attached hydrogens (tertiary/aromatic N) is 1. The Kier molecular flexibility index (Phi) is 17.3. The SMILES string of the molecule is CC(C)C[C@H](N)C(=O)NCCCN[C@H](C[C@H]1O[C@@H](n2ccc(=O)[nH]c2=O)[C@H](O)[C@@H]1O)C(=O)O.O=C(O)C(F)(F)F.O=C(O)C(F)(F)F. The molecule has 23 heteroatoms. The number of halogens is 6. The lowest BCUT2D eigenvalue weighted by Crippen LogP contribution is -2.44. The van der Waals surface area contributed by atoms with Crippen molar-refractivity contribution in [3.05, 3.63) is 33.1 Å². The average molecular weight is 700 g/mol. The van der Waals surface area contributed by atoms with E-state index in [-0.39, 0.29) is 24.8 Å². The highest BCUT2D eigenvalue weighted by Gasteiger charge is 2.45. The number of carbonyl (C=O) groups excluding carboxylic acids is 1. The lowest BCUT2D eigenvalue weighted by atomic mass is 10.0. The summed E-state index contributed by atoms with van der Waals surface area (Å²) < 4.78 is 70.0. The molecule has 17 nitrogen and oxygen atoms in total. The monoisotopic (exact) mass is 699 g/mol. The Morgan fingerprint density at radius 2 is 1.49 bits per heavy atom. The number of aliphatic hydroxyl groups excluding tert-OH is 2. The summed E-state index contributed by atoms with van der Waals surface area (Å²) in [5, 5.41) is 49.9. The Morgan fingerprint density at radius 1 is 0.979 bits per heavy atom. The molecular formula is C24H35F6N5O12. The topological polar surface area (TPSA) is 284 Å². The maximum atomic E-state index is 12.0. The zero-order chi connectivity index (χ0) is 36.9. The number of aromatic amines is 1. The van der Waals surface area contributed by atoms with Crippen LogP contribution in [0.25, 0.3) is 0 Å². The van der Waals surface area contributed by atoms with Gasteiger partial charge in [-0.3, -0.25) is 23.9 Å². The van der Waals surface area contributed by atoms with Crippen molar-refractivity contribution in [2.24, 2.45) is 11.7 Å². The smallest absolute Gasteiger partial charge is 0.480 e. The quantitative estimate of drug-likeness (QED) is 0.0909. The summed E-state index contributed by atoms with van der Waals surface area (Å²) in [6, 6.07) is -0.644. The van der Waals surface area contributed by atoms with Crippen LogP contribution in [0.1, 0.15) is 39.3 Å². The van der Waals surface area contributed by atoms with Gasteiger partial charge in [0.2, 0.25) is 5.91 Å². The van der Waals surface area contributed by atoms with Gasteiger partial charge in [0.25, 0.3) is 5.56 Å². The first-order valence-electron chi connectivity index (χ1n) is 13.3. The first-order chi connectivity index (χ1) is 21.4. The molecule has 0 aliphatic carbocycles. The normalized spacial score (nSPS) is 20.6. The summed E-state index contributed by atoms with van der Waals surface area (Å²) >= 11 is 0. The molecular weight excluding hydrogens is 664 g/mol. The van der Waals surface area contributed by atoms with E-state index >= 15 is 0 Å². The van der Waals surface area contributed by atoms with Gasteiger partial charge in [0.1, 0.15) is 18.2 Å². The molecule has 270 valence electrons. The van der Waals surface area contributed by atoms with Crippen molar-refractivity contribution in [3.8, 4) is 0 Å². The zero-order valence-corrected chi connectivity index (χ0v) is 24.6. The van der Waals surface area contributed by atoms with E-state index in [9.17, 15) is 60.8 Å². The van der Waals surface area contributed by atoms with Crippen LogP contribution < -0.4 is 27.6 Å². The number of amides is 1. The van der Waals surface area contributed by atoms with E-state index < -0.39 is 78.1 Å². The predicted molar refractivity (Wildman–Crippen MR) is 144 cm³/mol. The molecule has 0 aromatic carbocycles. The molecule has 6 atom stereocenters. The van der Waals surface area contributed by atoms with Crippen molar-refractivity contribution in [3.63, 3.8) is 0 Å². The maximum Gasteiger partial charge on any atom is 0.490 e. The van der Waals surface area contributed by atoms with Crippen LogP contribution in [0.5, 0.6) is 0 Å². The van der Waals surface area contributed by atoms with Crippen LogP contribution in [0, 0.1) is 5.92 Å². The van der Waals surface area contributed by atoms with Gasteiger partial charge < -0.3 is 46.6 Å². The number of H-pyrrole nitrogens is 1. The molecule has 0 radical (unpaired) electrons. The van der Waals surface area contributed by atoms with Gasteiger partial charge in [0.15, 0.2) is 6.23 Å². The van der Waals surface area contributed by atoms with Gasteiger partial charge in [0, 0.05) is 25.2 Å². The number of ether oxygens (including phenoxy) is 1. The second-order valence-corrected chi connectivity index (χ2v) is 10.1. The Labute approximate surface area is 260 Å². The van der Waals surface area contributed by atoms with E-state index in [2.05, 4.69) is 10.6 Å². The Hall–Kier alpha value is -4.06. The zero-order valence-electron chi connectivity index (χ0n) is 24.6. The number of carboxylic acids is 3. The lowest BCUT2D eigenvalue weighted by molar-refractivity contribution is -0.193. The van der Waals surface area contributed by atoms with Gasteiger partial charge in [-0.15, -0.1) is 0 Å². The van der Waals surface area contributed by atoms with E-state index in [1.807, 2.05) is 18.8 Å². The largest absolute Gasteiger partial charge is 0.490 e. The number of rotatable bonds is 12. The molecule has 0 unspecified atom stereocenters. The number of hydrogen-bond acceptors (Lipinski definition) is 11. The number of carbonyl (C=O) groups is 4. The predicted octanol–water partition coefficient (Wildman–Crippen LogP) is -1.26. The number of alkyl halides is 6. The van der Waals surface area contributed by atoms with Crippen molar-refractivity contribution in [1.29, 1.82) is 0 Å². The van der Waals surface area contributed by atoms with Gasteiger partial charge in [-0.2, -0.15) is 26.3 Å². The van der Waals surface area contributed by atoms with Crippen LogP contribution in [-0.2, 0) is 23.9 Å². The molecule has 1 saturated heterocycles. The Bertz CT molecular complexity index is 1280. The van der Waals surface area contributed by atoms with Crippen LogP contribution in [0.4, 0.5) is 26.3 Å². The van der Waals surface area contributed by atoms with Crippen LogP contribution >= 0.6 is 0 Å². The molecule has 2 rings (SSSR count). The van der Waals surface area contributed by atoms with Crippen LogP contribution in [0.2, 0.25) is 0 Å². The molecule has 1 fully saturated rings. The number of aromatic nitrogens is 2. The first kappa shape index (κ1) is 42.9. The van der Waals surface area contributed by atoms with Crippen molar-refractivity contribution in [2.45, 2.75) is 82.1 Å². The number of nitrogens with two attached hydrogens (primary N) is 1. The summed E-state index contributed by atoms with van der Waals surface area (Å²) in [4.78, 5) is 66.5. The minimum Gasteiger partial charge on any atom is -0.480 e. The third-order valence-corrected chi connectivity index (χ3v) is 5.82. The van der Waals surface area contributed by atoms with Gasteiger partial charge in [-0.05, 0) is 25.3 Å².